The van der Waals surface area contributed by atoms with Gasteiger partial charge in [-0.25, -0.2) is 0 Å². The summed E-state index contributed by atoms with van der Waals surface area (Å²) in [4.78, 5) is 5.11. The fraction of sp³-hybridized carbons (Fsp3) is 0.684. The molecule has 0 aliphatic carbocycles. The molecule has 0 unspecified atom stereocenters. The van der Waals surface area contributed by atoms with E-state index in [1.807, 2.05) is 49.2 Å². The van der Waals surface area contributed by atoms with Gasteiger partial charge in [-0.1, -0.05) is 46.9 Å². The Bertz CT molecular complexity index is 270. The topological polar surface area (TPSA) is 47.7 Å². The largest absolute Gasteiger partial charge is 0.497 e. The number of para-hydroxylation sites is 1. The van der Waals surface area contributed by atoms with Gasteiger partial charge in [0.05, 0.1) is 14.2 Å². The Balaban J connectivity index is -0.0000000720. The fourth-order valence-electron chi connectivity index (χ4n) is 1.57. The van der Waals surface area contributed by atoms with Crippen LogP contribution in [0.15, 0.2) is 30.3 Å². The predicted octanol–water partition coefficient (Wildman–Crippen LogP) is 5.24. The number of nitrogens with zero attached hydrogens (tertiary/aromatic N) is 1. The van der Waals surface area contributed by atoms with Gasteiger partial charge in [0, 0.05) is 12.1 Å². The summed E-state index contributed by atoms with van der Waals surface area (Å²) < 4.78 is 4.91. The van der Waals surface area contributed by atoms with Crippen LogP contribution in [0.2, 0.25) is 0 Å². The lowest BCUT2D eigenvalue weighted by atomic mass is 10.3. The summed E-state index contributed by atoms with van der Waals surface area (Å²) in [6, 6.07) is 10.6. The smallest absolute Gasteiger partial charge is 0.118 e. The van der Waals surface area contributed by atoms with Gasteiger partial charge in [0.15, 0.2) is 0 Å². The van der Waals surface area contributed by atoms with E-state index in [2.05, 4.69) is 33.4 Å². The highest BCUT2D eigenvalue weighted by Crippen LogP contribution is 2.05. The average molecular weight is 333 g/mol. The van der Waals surface area contributed by atoms with Crippen LogP contribution < -0.4 is 10.5 Å². The molecule has 0 radical (unpaired) electrons. The molecule has 0 atom stereocenters. The molecule has 23 heavy (non-hydrogen) atoms. The first-order valence-electron chi connectivity index (χ1n) is 7.52. The minimum absolute atomic E-state index is 0. The molecule has 4 heteroatoms. The van der Waals surface area contributed by atoms with Gasteiger partial charge in [-0.15, -0.1) is 0 Å². The van der Waals surface area contributed by atoms with Gasteiger partial charge in [0.2, 0.25) is 0 Å². The van der Waals surface area contributed by atoms with Crippen molar-refractivity contribution in [2.75, 3.05) is 21.3 Å². The second-order valence-corrected chi connectivity index (χ2v) is 4.25. The summed E-state index contributed by atoms with van der Waals surface area (Å²) >= 11 is 0. The standard InChI is InChI=1S/C7H17NO.C7H8O.C2H6.CH5N.2CH4/c1-6(2)8(9-5)7(3)4;1-8-7-5-3-2-4-6-7;2*1-2;;/h6-7H,1-5H3;2-6H,1H3;1-2H3;2H2,1H3;2*1H4. The second kappa shape index (κ2) is 25.8. The molecule has 1 aromatic rings. The van der Waals surface area contributed by atoms with E-state index < -0.39 is 0 Å². The van der Waals surface area contributed by atoms with Gasteiger partial charge < -0.3 is 15.3 Å². The van der Waals surface area contributed by atoms with Crippen LogP contribution in [0.4, 0.5) is 0 Å². The highest BCUT2D eigenvalue weighted by Gasteiger charge is 2.10. The van der Waals surface area contributed by atoms with Crippen LogP contribution in [0, 0.1) is 0 Å². The summed E-state index contributed by atoms with van der Waals surface area (Å²) in [6.07, 6.45) is 0. The molecule has 4 nitrogen and oxygen atoms in total. The van der Waals surface area contributed by atoms with E-state index in [0.717, 1.165) is 5.75 Å². The molecule has 0 fully saturated rings. The Morgan fingerprint density at radius 1 is 0.826 bits per heavy atom. The predicted molar refractivity (Wildman–Crippen MR) is 107 cm³/mol. The molecule has 142 valence electrons. The zero-order valence-corrected chi connectivity index (χ0v) is 15.4. The van der Waals surface area contributed by atoms with E-state index in [1.165, 1.54) is 7.05 Å². The van der Waals surface area contributed by atoms with Crippen LogP contribution in [-0.4, -0.2) is 38.4 Å². The maximum absolute atomic E-state index is 5.11. The zero-order chi connectivity index (χ0) is 17.3. The van der Waals surface area contributed by atoms with Gasteiger partial charge in [0.25, 0.3) is 0 Å². The number of hydrogen-bond donors (Lipinski definition) is 1. The van der Waals surface area contributed by atoms with Crippen molar-refractivity contribution in [3.8, 4) is 5.75 Å². The van der Waals surface area contributed by atoms with Gasteiger partial charge >= 0.3 is 0 Å². The maximum Gasteiger partial charge on any atom is 0.118 e. The van der Waals surface area contributed by atoms with Gasteiger partial charge in [-0.2, -0.15) is 5.06 Å². The molecule has 0 heterocycles. The number of hydroxylamine groups is 2. The van der Waals surface area contributed by atoms with Crippen molar-refractivity contribution >= 4 is 0 Å². The number of rotatable bonds is 4. The molecule has 0 spiro atoms. The summed E-state index contributed by atoms with van der Waals surface area (Å²) in [6.45, 7) is 12.5. The Labute approximate surface area is 146 Å². The molecule has 0 aliphatic rings. The Morgan fingerprint density at radius 2 is 1.17 bits per heavy atom. The molecule has 2 N–H and O–H groups in total. The van der Waals surface area contributed by atoms with Crippen molar-refractivity contribution in [1.29, 1.82) is 0 Å². The van der Waals surface area contributed by atoms with E-state index in [0.29, 0.717) is 12.1 Å². The molecule has 0 saturated carbocycles. The number of methoxy groups -OCH3 is 1. The molecule has 0 aromatic heterocycles. The van der Waals surface area contributed by atoms with E-state index in [4.69, 9.17) is 9.57 Å². The molecule has 0 bridgehead atoms. The summed E-state index contributed by atoms with van der Waals surface area (Å²) in [5, 5.41) is 1.96. The molecular weight excluding hydrogens is 288 g/mol. The van der Waals surface area contributed by atoms with E-state index in [-0.39, 0.29) is 14.9 Å². The normalized spacial score (nSPS) is 8.22. The fourth-order valence-corrected chi connectivity index (χ4v) is 1.57. The summed E-state index contributed by atoms with van der Waals surface area (Å²) in [5.74, 6) is 0.910. The number of benzene rings is 1. The first-order chi connectivity index (χ1) is 10.0. The number of nitrogens with two attached hydrogens (primary N) is 1. The minimum Gasteiger partial charge on any atom is -0.497 e. The second-order valence-electron chi connectivity index (χ2n) is 4.25. The van der Waals surface area contributed by atoms with Crippen molar-refractivity contribution in [2.24, 2.45) is 5.73 Å². The SMILES string of the molecule is C.C.CC.CN.CON(C(C)C)C(C)C.COc1ccccc1. The molecule has 1 aromatic carbocycles. The maximum atomic E-state index is 5.11. The molecular formula is C19H44N2O2. The molecule has 0 amide bonds. The monoisotopic (exact) mass is 332 g/mol. The van der Waals surface area contributed by atoms with Crippen molar-refractivity contribution in [3.63, 3.8) is 0 Å². The van der Waals surface area contributed by atoms with E-state index >= 15 is 0 Å². The highest BCUT2D eigenvalue weighted by atomic mass is 16.7. The summed E-state index contributed by atoms with van der Waals surface area (Å²) in [5.41, 5.74) is 4.50. The Hall–Kier alpha value is -1.10. The first-order valence-corrected chi connectivity index (χ1v) is 7.52. The summed E-state index contributed by atoms with van der Waals surface area (Å²) in [7, 11) is 4.87. The Kier molecular flexibility index (Phi) is 37.6. The van der Waals surface area contributed by atoms with Crippen molar-refractivity contribution in [1.82, 2.24) is 5.06 Å². The zero-order valence-electron chi connectivity index (χ0n) is 15.4. The Morgan fingerprint density at radius 3 is 1.30 bits per heavy atom. The van der Waals surface area contributed by atoms with Crippen molar-refractivity contribution < 1.29 is 9.57 Å². The molecule has 1 rings (SSSR count). The third-order valence-corrected chi connectivity index (χ3v) is 2.21. The first kappa shape index (κ1) is 33.5. The van der Waals surface area contributed by atoms with Gasteiger partial charge in [-0.05, 0) is 46.9 Å². The van der Waals surface area contributed by atoms with Gasteiger partial charge in [-0.3, -0.25) is 0 Å². The highest BCUT2D eigenvalue weighted by molar-refractivity contribution is 5.20. The lowest BCUT2D eigenvalue weighted by Crippen LogP contribution is -2.35. The van der Waals surface area contributed by atoms with E-state index in [9.17, 15) is 0 Å². The van der Waals surface area contributed by atoms with Crippen molar-refractivity contribution in [3.05, 3.63) is 30.3 Å². The van der Waals surface area contributed by atoms with Crippen molar-refractivity contribution in [2.45, 2.75) is 68.5 Å². The number of ether oxygens (including phenoxy) is 1. The van der Waals surface area contributed by atoms with Crippen LogP contribution in [-0.2, 0) is 4.84 Å². The molecule has 0 aliphatic heterocycles. The van der Waals surface area contributed by atoms with Gasteiger partial charge in [0.1, 0.15) is 5.75 Å². The molecule has 0 saturated heterocycles. The van der Waals surface area contributed by atoms with Crippen LogP contribution >= 0.6 is 0 Å². The van der Waals surface area contributed by atoms with Crippen LogP contribution in [0.3, 0.4) is 0 Å². The van der Waals surface area contributed by atoms with Crippen LogP contribution in [0.1, 0.15) is 56.4 Å². The lowest BCUT2D eigenvalue weighted by molar-refractivity contribution is -0.174. The third kappa shape index (κ3) is 20.9. The third-order valence-electron chi connectivity index (χ3n) is 2.21. The quantitative estimate of drug-likeness (QED) is 0.766. The number of hydrogen-bond acceptors (Lipinski definition) is 4. The van der Waals surface area contributed by atoms with Crippen LogP contribution in [0.25, 0.3) is 0 Å². The minimum atomic E-state index is 0. The average Bonchev–Trinajstić information content (AvgIpc) is 2.52. The van der Waals surface area contributed by atoms with E-state index in [1.54, 1.807) is 14.2 Å². The lowest BCUT2D eigenvalue weighted by Gasteiger charge is -2.27. The van der Waals surface area contributed by atoms with Crippen LogP contribution in [0.5, 0.6) is 5.75 Å².